The minimum Gasteiger partial charge on any atom is -0.468 e. The first-order valence-electron chi connectivity index (χ1n) is 6.29. The molecule has 2 aromatic rings. The molecule has 1 aromatic carbocycles. The summed E-state index contributed by atoms with van der Waals surface area (Å²) in [6, 6.07) is 8.21. The molecule has 1 unspecified atom stereocenters. The SMILES string of the molecule is Cc1ccc(CN)cc1S(=O)(=O)NC(C)c1ccco1. The summed E-state index contributed by atoms with van der Waals surface area (Å²) in [4.78, 5) is 0.249. The fourth-order valence-corrected chi connectivity index (χ4v) is 3.46. The number of rotatable bonds is 5. The third kappa shape index (κ3) is 3.09. The fraction of sp³-hybridized carbons (Fsp3) is 0.286. The second-order valence-corrected chi connectivity index (χ2v) is 6.34. The Bertz CT molecular complexity index is 678. The molecule has 0 bridgehead atoms. The summed E-state index contributed by atoms with van der Waals surface area (Å²) in [6.45, 7) is 3.79. The van der Waals surface area contributed by atoms with E-state index < -0.39 is 16.1 Å². The number of nitrogens with two attached hydrogens (primary N) is 1. The van der Waals surface area contributed by atoms with Crippen molar-refractivity contribution in [2.75, 3.05) is 0 Å². The summed E-state index contributed by atoms with van der Waals surface area (Å²) >= 11 is 0. The lowest BCUT2D eigenvalue weighted by Crippen LogP contribution is -2.27. The number of aryl methyl sites for hydroxylation is 1. The zero-order chi connectivity index (χ0) is 14.8. The molecule has 0 amide bonds. The molecule has 2 rings (SSSR count). The van der Waals surface area contributed by atoms with E-state index in [9.17, 15) is 8.42 Å². The Morgan fingerprint density at radius 2 is 2.10 bits per heavy atom. The molecule has 0 fully saturated rings. The number of sulfonamides is 1. The van der Waals surface area contributed by atoms with Crippen LogP contribution in [0.3, 0.4) is 0 Å². The Morgan fingerprint density at radius 3 is 2.70 bits per heavy atom. The number of furan rings is 1. The van der Waals surface area contributed by atoms with Crippen molar-refractivity contribution in [3.63, 3.8) is 0 Å². The molecule has 0 radical (unpaired) electrons. The topological polar surface area (TPSA) is 85.3 Å². The van der Waals surface area contributed by atoms with Crippen LogP contribution in [0.1, 0.15) is 29.9 Å². The third-order valence-corrected chi connectivity index (χ3v) is 4.76. The van der Waals surface area contributed by atoms with Crippen molar-refractivity contribution in [3.8, 4) is 0 Å². The largest absolute Gasteiger partial charge is 0.468 e. The van der Waals surface area contributed by atoms with Crippen molar-refractivity contribution in [2.24, 2.45) is 5.73 Å². The van der Waals surface area contributed by atoms with Crippen LogP contribution < -0.4 is 10.5 Å². The Balaban J connectivity index is 2.31. The molecule has 0 aliphatic carbocycles. The molecule has 1 atom stereocenters. The van der Waals surface area contributed by atoms with E-state index in [1.807, 2.05) is 6.07 Å². The van der Waals surface area contributed by atoms with Crippen LogP contribution in [0.25, 0.3) is 0 Å². The molecule has 0 spiro atoms. The standard InChI is InChI=1S/C14H18N2O3S/c1-10-5-6-12(9-15)8-14(10)20(17,18)16-11(2)13-4-3-7-19-13/h3-8,11,16H,9,15H2,1-2H3. The molecule has 20 heavy (non-hydrogen) atoms. The second-order valence-electron chi connectivity index (χ2n) is 4.66. The molecule has 6 heteroatoms. The van der Waals surface area contributed by atoms with Crippen LogP contribution in [0, 0.1) is 6.92 Å². The fourth-order valence-electron chi connectivity index (χ4n) is 1.95. The Labute approximate surface area is 118 Å². The maximum Gasteiger partial charge on any atom is 0.241 e. The first-order valence-corrected chi connectivity index (χ1v) is 7.77. The van der Waals surface area contributed by atoms with Gasteiger partial charge in [0.05, 0.1) is 17.2 Å². The van der Waals surface area contributed by atoms with Gasteiger partial charge >= 0.3 is 0 Å². The van der Waals surface area contributed by atoms with Gasteiger partial charge < -0.3 is 10.2 Å². The molecule has 5 nitrogen and oxygen atoms in total. The maximum atomic E-state index is 12.4. The van der Waals surface area contributed by atoms with Gasteiger partial charge in [-0.2, -0.15) is 0 Å². The van der Waals surface area contributed by atoms with Crippen molar-refractivity contribution in [1.29, 1.82) is 0 Å². The first kappa shape index (κ1) is 14.8. The van der Waals surface area contributed by atoms with E-state index in [4.69, 9.17) is 10.2 Å². The first-order chi connectivity index (χ1) is 9.44. The van der Waals surface area contributed by atoms with E-state index in [1.54, 1.807) is 38.1 Å². The number of hydrogen-bond donors (Lipinski definition) is 2. The summed E-state index contributed by atoms with van der Waals surface area (Å²) in [5, 5.41) is 0. The van der Waals surface area contributed by atoms with E-state index in [-0.39, 0.29) is 4.90 Å². The lowest BCUT2D eigenvalue weighted by Gasteiger charge is -2.14. The smallest absolute Gasteiger partial charge is 0.241 e. The highest BCUT2D eigenvalue weighted by atomic mass is 32.2. The van der Waals surface area contributed by atoms with Crippen LogP contribution >= 0.6 is 0 Å². The lowest BCUT2D eigenvalue weighted by atomic mass is 10.1. The van der Waals surface area contributed by atoms with Crippen LogP contribution in [-0.4, -0.2) is 8.42 Å². The van der Waals surface area contributed by atoms with Gasteiger partial charge in [0.2, 0.25) is 10.0 Å². The van der Waals surface area contributed by atoms with Gasteiger partial charge in [-0.05, 0) is 43.2 Å². The maximum absolute atomic E-state index is 12.4. The van der Waals surface area contributed by atoms with Crippen LogP contribution in [0.2, 0.25) is 0 Å². The van der Waals surface area contributed by atoms with Crippen molar-refractivity contribution in [1.82, 2.24) is 4.72 Å². The summed E-state index contributed by atoms with van der Waals surface area (Å²) in [5.41, 5.74) is 7.02. The summed E-state index contributed by atoms with van der Waals surface area (Å²) in [5.74, 6) is 0.571. The minimum atomic E-state index is -3.61. The highest BCUT2D eigenvalue weighted by Crippen LogP contribution is 2.20. The average molecular weight is 294 g/mol. The normalized spacial score (nSPS) is 13.3. The number of nitrogens with one attached hydrogen (secondary N) is 1. The monoisotopic (exact) mass is 294 g/mol. The molecule has 1 heterocycles. The van der Waals surface area contributed by atoms with E-state index >= 15 is 0 Å². The summed E-state index contributed by atoms with van der Waals surface area (Å²) in [6.07, 6.45) is 1.51. The molecule has 0 saturated carbocycles. The van der Waals surface area contributed by atoms with Gasteiger partial charge in [-0.3, -0.25) is 0 Å². The molecule has 3 N–H and O–H groups in total. The number of hydrogen-bond acceptors (Lipinski definition) is 4. The Morgan fingerprint density at radius 1 is 1.35 bits per heavy atom. The molecule has 108 valence electrons. The van der Waals surface area contributed by atoms with Crippen LogP contribution in [-0.2, 0) is 16.6 Å². The lowest BCUT2D eigenvalue weighted by molar-refractivity contribution is 0.459. The molecule has 0 aliphatic heterocycles. The predicted octanol–water partition coefficient (Wildman–Crippen LogP) is 2.09. The van der Waals surface area contributed by atoms with Crippen LogP contribution in [0.5, 0.6) is 0 Å². The summed E-state index contributed by atoms with van der Waals surface area (Å²) in [7, 11) is -3.61. The van der Waals surface area contributed by atoms with Crippen molar-refractivity contribution >= 4 is 10.0 Å². The van der Waals surface area contributed by atoms with Gasteiger partial charge in [0, 0.05) is 6.54 Å². The molecule has 0 aliphatic rings. The van der Waals surface area contributed by atoms with Gasteiger partial charge in [-0.25, -0.2) is 13.1 Å². The van der Waals surface area contributed by atoms with Gasteiger partial charge in [-0.15, -0.1) is 0 Å². The van der Waals surface area contributed by atoms with E-state index in [0.717, 1.165) is 5.56 Å². The van der Waals surface area contributed by atoms with Crippen molar-refractivity contribution in [2.45, 2.75) is 31.3 Å². The minimum absolute atomic E-state index is 0.249. The van der Waals surface area contributed by atoms with Crippen LogP contribution in [0.15, 0.2) is 45.9 Å². The van der Waals surface area contributed by atoms with Crippen molar-refractivity contribution in [3.05, 3.63) is 53.5 Å². The van der Waals surface area contributed by atoms with Gasteiger partial charge in [0.25, 0.3) is 0 Å². The van der Waals surface area contributed by atoms with E-state index in [2.05, 4.69) is 4.72 Å². The van der Waals surface area contributed by atoms with Gasteiger partial charge in [0.15, 0.2) is 0 Å². The van der Waals surface area contributed by atoms with E-state index in [1.165, 1.54) is 6.26 Å². The zero-order valence-corrected chi connectivity index (χ0v) is 12.3. The van der Waals surface area contributed by atoms with Crippen LogP contribution in [0.4, 0.5) is 0 Å². The predicted molar refractivity (Wildman–Crippen MR) is 76.5 cm³/mol. The quantitative estimate of drug-likeness (QED) is 0.884. The molecular weight excluding hydrogens is 276 g/mol. The Kier molecular flexibility index (Phi) is 4.27. The Hall–Kier alpha value is -1.63. The molecule has 0 saturated heterocycles. The van der Waals surface area contributed by atoms with E-state index in [0.29, 0.717) is 17.9 Å². The van der Waals surface area contributed by atoms with Gasteiger partial charge in [-0.1, -0.05) is 12.1 Å². The highest BCUT2D eigenvalue weighted by Gasteiger charge is 2.21. The average Bonchev–Trinajstić information content (AvgIpc) is 2.92. The second kappa shape index (κ2) is 5.78. The molecule has 1 aromatic heterocycles. The molecular formula is C14H18N2O3S. The number of benzene rings is 1. The van der Waals surface area contributed by atoms with Crippen molar-refractivity contribution < 1.29 is 12.8 Å². The summed E-state index contributed by atoms with van der Waals surface area (Å²) < 4.78 is 32.7. The third-order valence-electron chi connectivity index (χ3n) is 3.08. The van der Waals surface area contributed by atoms with Gasteiger partial charge in [0.1, 0.15) is 5.76 Å². The highest BCUT2D eigenvalue weighted by molar-refractivity contribution is 7.89. The zero-order valence-electron chi connectivity index (χ0n) is 11.5.